The number of hydrogen-bond acceptors (Lipinski definition) is 3. The average molecular weight is 338 g/mol. The molecule has 0 saturated carbocycles. The van der Waals surface area contributed by atoms with E-state index in [1.165, 1.54) is 5.56 Å². The normalized spacial score (nSPS) is 19.1. The van der Waals surface area contributed by atoms with E-state index in [-0.39, 0.29) is 0 Å². The van der Waals surface area contributed by atoms with Gasteiger partial charge in [0.25, 0.3) is 0 Å². The Kier molecular flexibility index (Phi) is 6.41. The summed E-state index contributed by atoms with van der Waals surface area (Å²) in [6.07, 6.45) is 3.40. The lowest BCUT2D eigenvalue weighted by Crippen LogP contribution is -2.43. The molecule has 23 heavy (non-hydrogen) atoms. The van der Waals surface area contributed by atoms with Crippen molar-refractivity contribution < 1.29 is 8.42 Å². The highest BCUT2D eigenvalue weighted by atomic mass is 32.2. The fraction of sp³-hybridized carbons (Fsp3) is 0.562. The molecule has 6 nitrogen and oxygen atoms in total. The van der Waals surface area contributed by atoms with Crippen molar-refractivity contribution in [1.82, 2.24) is 14.9 Å². The zero-order valence-corrected chi connectivity index (χ0v) is 14.6. The second-order valence-electron chi connectivity index (χ2n) is 5.93. The van der Waals surface area contributed by atoms with E-state index >= 15 is 0 Å². The Morgan fingerprint density at radius 2 is 2.04 bits per heavy atom. The van der Waals surface area contributed by atoms with E-state index < -0.39 is 10.0 Å². The third-order valence-corrected chi connectivity index (χ3v) is 4.67. The summed E-state index contributed by atoms with van der Waals surface area (Å²) in [5.74, 6) is 1.47. The van der Waals surface area contributed by atoms with Gasteiger partial charge in [0.15, 0.2) is 5.96 Å². The number of guanidine groups is 1. The van der Waals surface area contributed by atoms with Gasteiger partial charge in [0.2, 0.25) is 10.0 Å². The van der Waals surface area contributed by atoms with Crippen LogP contribution in [0.4, 0.5) is 0 Å². The molecule has 0 radical (unpaired) electrons. The summed E-state index contributed by atoms with van der Waals surface area (Å²) in [6.45, 7) is 2.85. The number of nitrogens with zero attached hydrogens (tertiary/aromatic N) is 2. The van der Waals surface area contributed by atoms with Crippen molar-refractivity contribution in [3.05, 3.63) is 35.9 Å². The van der Waals surface area contributed by atoms with Crippen LogP contribution in [0.5, 0.6) is 0 Å². The van der Waals surface area contributed by atoms with Gasteiger partial charge in [0, 0.05) is 33.2 Å². The van der Waals surface area contributed by atoms with Gasteiger partial charge in [-0.15, -0.1) is 0 Å². The minimum absolute atomic E-state index is 0.360. The average Bonchev–Trinajstić information content (AvgIpc) is 2.95. The molecule has 0 aromatic heterocycles. The van der Waals surface area contributed by atoms with Gasteiger partial charge >= 0.3 is 0 Å². The number of benzene rings is 1. The number of sulfonamides is 1. The van der Waals surface area contributed by atoms with Gasteiger partial charge in [-0.1, -0.05) is 30.3 Å². The molecular formula is C16H26N4O2S. The largest absolute Gasteiger partial charge is 0.355 e. The number of rotatable bonds is 6. The molecule has 1 aliphatic heterocycles. The molecule has 1 atom stereocenters. The molecule has 1 aliphatic rings. The SMILES string of the molecule is CN=C(NCCNS(C)(=O)=O)N1CCC(Cc2ccccc2)C1. The summed E-state index contributed by atoms with van der Waals surface area (Å²) < 4.78 is 24.5. The fourth-order valence-corrected chi connectivity index (χ4v) is 3.35. The maximum absolute atomic E-state index is 11.0. The van der Waals surface area contributed by atoms with Crippen LogP contribution in [0, 0.1) is 5.92 Å². The second kappa shape index (κ2) is 8.31. The molecule has 0 aliphatic carbocycles. The molecule has 1 aromatic carbocycles. The Bertz CT molecular complexity index is 616. The van der Waals surface area contributed by atoms with Crippen LogP contribution in [-0.4, -0.2) is 58.8 Å². The predicted octanol–water partition coefficient (Wildman–Crippen LogP) is 0.676. The van der Waals surface area contributed by atoms with Crippen molar-refractivity contribution in [2.24, 2.45) is 10.9 Å². The van der Waals surface area contributed by atoms with Crippen LogP contribution in [0.1, 0.15) is 12.0 Å². The molecular weight excluding hydrogens is 312 g/mol. The molecule has 1 fully saturated rings. The molecule has 1 unspecified atom stereocenters. The molecule has 0 spiro atoms. The molecule has 0 bridgehead atoms. The van der Waals surface area contributed by atoms with Crippen LogP contribution in [0.15, 0.2) is 35.3 Å². The minimum Gasteiger partial charge on any atom is -0.355 e. The maximum atomic E-state index is 11.0. The summed E-state index contributed by atoms with van der Waals surface area (Å²) in [7, 11) is -1.37. The van der Waals surface area contributed by atoms with Crippen molar-refractivity contribution >= 4 is 16.0 Å². The molecule has 2 rings (SSSR count). The molecule has 0 amide bonds. The zero-order valence-electron chi connectivity index (χ0n) is 13.8. The molecule has 7 heteroatoms. The van der Waals surface area contributed by atoms with Gasteiger partial charge in [0.1, 0.15) is 0 Å². The van der Waals surface area contributed by atoms with Crippen LogP contribution in [0.2, 0.25) is 0 Å². The molecule has 1 heterocycles. The fourth-order valence-electron chi connectivity index (χ4n) is 2.88. The monoisotopic (exact) mass is 338 g/mol. The van der Waals surface area contributed by atoms with Crippen molar-refractivity contribution in [1.29, 1.82) is 0 Å². The molecule has 1 aromatic rings. The lowest BCUT2D eigenvalue weighted by Gasteiger charge is -2.21. The maximum Gasteiger partial charge on any atom is 0.208 e. The predicted molar refractivity (Wildman–Crippen MR) is 94.0 cm³/mol. The summed E-state index contributed by atoms with van der Waals surface area (Å²) in [6, 6.07) is 10.6. The number of hydrogen-bond donors (Lipinski definition) is 2. The van der Waals surface area contributed by atoms with Gasteiger partial charge < -0.3 is 10.2 Å². The van der Waals surface area contributed by atoms with E-state index in [1.54, 1.807) is 7.05 Å². The van der Waals surface area contributed by atoms with Crippen LogP contribution in [0.3, 0.4) is 0 Å². The topological polar surface area (TPSA) is 73.8 Å². The smallest absolute Gasteiger partial charge is 0.208 e. The third kappa shape index (κ3) is 6.19. The van der Waals surface area contributed by atoms with E-state index in [0.29, 0.717) is 19.0 Å². The number of aliphatic imine (C=N–C) groups is 1. The Hall–Kier alpha value is -1.60. The summed E-state index contributed by atoms with van der Waals surface area (Å²) in [5.41, 5.74) is 1.37. The van der Waals surface area contributed by atoms with Gasteiger partial charge in [-0.25, -0.2) is 13.1 Å². The van der Waals surface area contributed by atoms with Crippen LogP contribution >= 0.6 is 0 Å². The molecule has 128 valence electrons. The quantitative estimate of drug-likeness (QED) is 0.454. The van der Waals surface area contributed by atoms with Crippen molar-refractivity contribution in [3.63, 3.8) is 0 Å². The van der Waals surface area contributed by atoms with Gasteiger partial charge in [-0.2, -0.15) is 0 Å². The van der Waals surface area contributed by atoms with Crippen molar-refractivity contribution in [2.75, 3.05) is 39.5 Å². The Morgan fingerprint density at radius 3 is 2.70 bits per heavy atom. The highest BCUT2D eigenvalue weighted by Gasteiger charge is 2.24. The van der Waals surface area contributed by atoms with Gasteiger partial charge in [0.05, 0.1) is 6.26 Å². The summed E-state index contributed by atoms with van der Waals surface area (Å²) in [5, 5.41) is 3.22. The Balaban J connectivity index is 1.77. The minimum atomic E-state index is -3.13. The lowest BCUT2D eigenvalue weighted by molar-refractivity contribution is 0.460. The highest BCUT2D eigenvalue weighted by molar-refractivity contribution is 7.88. The van der Waals surface area contributed by atoms with E-state index in [9.17, 15) is 8.42 Å². The first-order valence-corrected chi connectivity index (χ1v) is 9.81. The zero-order chi connectivity index (χ0) is 16.7. The van der Waals surface area contributed by atoms with Gasteiger partial charge in [-0.05, 0) is 24.3 Å². The van der Waals surface area contributed by atoms with Crippen LogP contribution < -0.4 is 10.0 Å². The van der Waals surface area contributed by atoms with Crippen molar-refractivity contribution in [3.8, 4) is 0 Å². The number of likely N-dealkylation sites (tertiary alicyclic amines) is 1. The second-order valence-corrected chi connectivity index (χ2v) is 7.76. The molecule has 2 N–H and O–H groups in total. The lowest BCUT2D eigenvalue weighted by atomic mass is 9.99. The summed E-state index contributed by atoms with van der Waals surface area (Å²) >= 11 is 0. The molecule has 1 saturated heterocycles. The van der Waals surface area contributed by atoms with Crippen molar-refractivity contribution in [2.45, 2.75) is 12.8 Å². The third-order valence-electron chi connectivity index (χ3n) is 3.94. The standard InChI is InChI=1S/C16H26N4O2S/c1-17-16(18-9-10-19-23(2,21)22)20-11-8-15(13-20)12-14-6-4-3-5-7-14/h3-7,15,19H,8-13H2,1-2H3,(H,17,18). The van der Waals surface area contributed by atoms with Crippen LogP contribution in [0.25, 0.3) is 0 Å². The highest BCUT2D eigenvalue weighted by Crippen LogP contribution is 2.20. The first-order chi connectivity index (χ1) is 11.0. The Morgan fingerprint density at radius 1 is 1.30 bits per heavy atom. The first-order valence-electron chi connectivity index (χ1n) is 7.92. The van der Waals surface area contributed by atoms with E-state index in [1.807, 2.05) is 6.07 Å². The van der Waals surface area contributed by atoms with Crippen LogP contribution in [-0.2, 0) is 16.4 Å². The first kappa shape index (κ1) is 17.7. The summed E-state index contributed by atoms with van der Waals surface area (Å²) in [4.78, 5) is 6.54. The van der Waals surface area contributed by atoms with E-state index in [4.69, 9.17) is 0 Å². The number of nitrogens with one attached hydrogen (secondary N) is 2. The van der Waals surface area contributed by atoms with E-state index in [0.717, 1.165) is 38.1 Å². The Labute approximate surface area is 139 Å². The van der Waals surface area contributed by atoms with E-state index in [2.05, 4.69) is 44.2 Å². The van der Waals surface area contributed by atoms with Gasteiger partial charge in [-0.3, -0.25) is 4.99 Å².